The Morgan fingerprint density at radius 1 is 1.68 bits per heavy atom. The summed E-state index contributed by atoms with van der Waals surface area (Å²) in [5, 5.41) is 11.2. The molecular formula is C11H15N3O4S. The van der Waals surface area contributed by atoms with Gasteiger partial charge in [0.25, 0.3) is 0 Å². The summed E-state index contributed by atoms with van der Waals surface area (Å²) in [5.41, 5.74) is 6.06. The van der Waals surface area contributed by atoms with Gasteiger partial charge in [0.05, 0.1) is 18.2 Å². The van der Waals surface area contributed by atoms with E-state index in [-0.39, 0.29) is 18.4 Å². The molecule has 0 aromatic carbocycles. The van der Waals surface area contributed by atoms with E-state index in [1.807, 2.05) is 0 Å². The summed E-state index contributed by atoms with van der Waals surface area (Å²) in [5.74, 6) is -1.28. The first kappa shape index (κ1) is 13.8. The van der Waals surface area contributed by atoms with E-state index < -0.39 is 12.0 Å². The first-order valence-electron chi connectivity index (χ1n) is 5.76. The fourth-order valence-corrected chi connectivity index (χ4v) is 2.70. The molecular weight excluding hydrogens is 270 g/mol. The third kappa shape index (κ3) is 3.02. The fourth-order valence-electron chi connectivity index (χ4n) is 2.14. The normalized spacial score (nSPS) is 22.7. The third-order valence-electron chi connectivity index (χ3n) is 3.10. The number of carboxylic acids is 1. The molecule has 2 atom stereocenters. The number of hydrogen-bond acceptors (Lipinski definition) is 6. The quantitative estimate of drug-likeness (QED) is 0.804. The van der Waals surface area contributed by atoms with Crippen LogP contribution in [0.3, 0.4) is 0 Å². The maximum absolute atomic E-state index is 12.1. The van der Waals surface area contributed by atoms with Crippen LogP contribution >= 0.6 is 11.3 Å². The predicted octanol–water partition coefficient (Wildman–Crippen LogP) is -0.0317. The SMILES string of the molecule is COC1CC(C(=O)O)N(C(=O)Cc2csc(N)n2)C1. The minimum atomic E-state index is -1.01. The second-order valence-electron chi connectivity index (χ2n) is 4.35. The van der Waals surface area contributed by atoms with Crippen molar-refractivity contribution in [1.82, 2.24) is 9.88 Å². The number of aromatic nitrogens is 1. The minimum absolute atomic E-state index is 0.0634. The fraction of sp³-hybridized carbons (Fsp3) is 0.545. The van der Waals surface area contributed by atoms with Gasteiger partial charge in [-0.2, -0.15) is 0 Å². The molecule has 2 heterocycles. The Kier molecular flexibility index (Phi) is 4.01. The van der Waals surface area contributed by atoms with Crippen LogP contribution in [0.5, 0.6) is 0 Å². The molecule has 1 fully saturated rings. The number of carbonyl (C=O) groups is 2. The van der Waals surface area contributed by atoms with Crippen molar-refractivity contribution in [3.05, 3.63) is 11.1 Å². The number of nitrogens with zero attached hydrogens (tertiary/aromatic N) is 2. The van der Waals surface area contributed by atoms with Crippen LogP contribution in [0.1, 0.15) is 12.1 Å². The number of likely N-dealkylation sites (tertiary alicyclic amines) is 1. The molecule has 0 bridgehead atoms. The highest BCUT2D eigenvalue weighted by atomic mass is 32.1. The van der Waals surface area contributed by atoms with Gasteiger partial charge in [-0.05, 0) is 0 Å². The Labute approximate surface area is 114 Å². The van der Waals surface area contributed by atoms with E-state index in [0.29, 0.717) is 23.8 Å². The number of amides is 1. The van der Waals surface area contributed by atoms with Crippen molar-refractivity contribution in [2.75, 3.05) is 19.4 Å². The molecule has 7 nitrogen and oxygen atoms in total. The lowest BCUT2D eigenvalue weighted by Gasteiger charge is -2.20. The molecule has 1 aromatic rings. The second kappa shape index (κ2) is 5.54. The maximum Gasteiger partial charge on any atom is 0.326 e. The average Bonchev–Trinajstić information content (AvgIpc) is 2.95. The van der Waals surface area contributed by atoms with E-state index in [2.05, 4.69) is 4.98 Å². The predicted molar refractivity (Wildman–Crippen MR) is 68.8 cm³/mol. The molecule has 3 N–H and O–H groups in total. The number of rotatable bonds is 4. The largest absolute Gasteiger partial charge is 0.480 e. The number of nitrogen functional groups attached to an aromatic ring is 1. The van der Waals surface area contributed by atoms with Crippen LogP contribution < -0.4 is 5.73 Å². The number of aliphatic carboxylic acids is 1. The Bertz CT molecular complexity index is 490. The van der Waals surface area contributed by atoms with Crippen LogP contribution in [-0.4, -0.2) is 52.7 Å². The van der Waals surface area contributed by atoms with Gasteiger partial charge in [-0.25, -0.2) is 9.78 Å². The van der Waals surface area contributed by atoms with Crippen LogP contribution in [0.4, 0.5) is 5.13 Å². The van der Waals surface area contributed by atoms with Gasteiger partial charge in [0.15, 0.2) is 5.13 Å². The van der Waals surface area contributed by atoms with Gasteiger partial charge in [0, 0.05) is 25.5 Å². The second-order valence-corrected chi connectivity index (χ2v) is 5.24. The van der Waals surface area contributed by atoms with Crippen LogP contribution in [0.2, 0.25) is 0 Å². The molecule has 1 amide bonds. The van der Waals surface area contributed by atoms with Gasteiger partial charge in [-0.15, -0.1) is 11.3 Å². The number of thiazole rings is 1. The van der Waals surface area contributed by atoms with E-state index >= 15 is 0 Å². The molecule has 1 aliphatic rings. The van der Waals surface area contributed by atoms with E-state index in [1.54, 1.807) is 5.38 Å². The van der Waals surface area contributed by atoms with Crippen LogP contribution in [0.25, 0.3) is 0 Å². The highest BCUT2D eigenvalue weighted by molar-refractivity contribution is 7.13. The number of carbonyl (C=O) groups excluding carboxylic acids is 1. The van der Waals surface area contributed by atoms with E-state index in [0.717, 1.165) is 0 Å². The molecule has 1 saturated heterocycles. The Hall–Kier alpha value is -1.67. The summed E-state index contributed by atoms with van der Waals surface area (Å²) in [6.45, 7) is 0.298. The van der Waals surface area contributed by atoms with Gasteiger partial charge in [0.2, 0.25) is 5.91 Å². The average molecular weight is 285 g/mol. The zero-order valence-corrected chi connectivity index (χ0v) is 11.2. The molecule has 0 saturated carbocycles. The summed E-state index contributed by atoms with van der Waals surface area (Å²) in [6, 6.07) is -0.826. The van der Waals surface area contributed by atoms with Gasteiger partial charge in [0.1, 0.15) is 6.04 Å². The molecule has 1 aromatic heterocycles. The van der Waals surface area contributed by atoms with Crippen molar-refractivity contribution < 1.29 is 19.4 Å². The van der Waals surface area contributed by atoms with Crippen molar-refractivity contribution in [2.45, 2.75) is 25.0 Å². The van der Waals surface area contributed by atoms with Crippen LogP contribution in [0, 0.1) is 0 Å². The van der Waals surface area contributed by atoms with Crippen LogP contribution in [-0.2, 0) is 20.7 Å². The lowest BCUT2D eigenvalue weighted by molar-refractivity contribution is -0.148. The maximum atomic E-state index is 12.1. The summed E-state index contributed by atoms with van der Waals surface area (Å²) >= 11 is 1.26. The molecule has 8 heteroatoms. The van der Waals surface area contributed by atoms with E-state index in [1.165, 1.54) is 23.3 Å². The van der Waals surface area contributed by atoms with Gasteiger partial charge >= 0.3 is 5.97 Å². The molecule has 104 valence electrons. The van der Waals surface area contributed by atoms with Crippen molar-refractivity contribution in [3.8, 4) is 0 Å². The van der Waals surface area contributed by atoms with Crippen LogP contribution in [0.15, 0.2) is 5.38 Å². The van der Waals surface area contributed by atoms with E-state index in [4.69, 9.17) is 15.6 Å². The van der Waals surface area contributed by atoms with Gasteiger partial charge in [-0.1, -0.05) is 0 Å². The molecule has 1 aliphatic heterocycles. The number of methoxy groups -OCH3 is 1. The van der Waals surface area contributed by atoms with E-state index in [9.17, 15) is 9.59 Å². The first-order valence-corrected chi connectivity index (χ1v) is 6.64. The Balaban J connectivity index is 2.06. The molecule has 0 radical (unpaired) electrons. The number of anilines is 1. The smallest absolute Gasteiger partial charge is 0.326 e. The number of ether oxygens (including phenoxy) is 1. The Morgan fingerprint density at radius 2 is 2.42 bits per heavy atom. The van der Waals surface area contributed by atoms with Crippen molar-refractivity contribution in [1.29, 1.82) is 0 Å². The molecule has 2 rings (SSSR count). The zero-order chi connectivity index (χ0) is 14.0. The lowest BCUT2D eigenvalue weighted by atomic mass is 10.2. The number of nitrogens with two attached hydrogens (primary N) is 1. The number of hydrogen-bond donors (Lipinski definition) is 2. The summed E-state index contributed by atoms with van der Waals surface area (Å²) in [4.78, 5) is 28.6. The van der Waals surface area contributed by atoms with Gasteiger partial charge in [-0.3, -0.25) is 4.79 Å². The Morgan fingerprint density at radius 3 is 2.95 bits per heavy atom. The zero-order valence-electron chi connectivity index (χ0n) is 10.4. The monoisotopic (exact) mass is 285 g/mol. The lowest BCUT2D eigenvalue weighted by Crippen LogP contribution is -2.41. The molecule has 0 aliphatic carbocycles. The summed E-state index contributed by atoms with van der Waals surface area (Å²) in [7, 11) is 1.51. The van der Waals surface area contributed by atoms with Crippen molar-refractivity contribution >= 4 is 28.3 Å². The standard InChI is InChI=1S/C11H15N3O4S/c1-18-7-3-8(10(16)17)14(4-7)9(15)2-6-5-19-11(12)13-6/h5,7-8H,2-4H2,1H3,(H2,12,13)(H,16,17). The number of carboxylic acid groups (broad SMARTS) is 1. The summed E-state index contributed by atoms with van der Waals surface area (Å²) in [6.07, 6.45) is 0.149. The highest BCUT2D eigenvalue weighted by Gasteiger charge is 2.39. The van der Waals surface area contributed by atoms with Gasteiger partial charge < -0.3 is 20.5 Å². The highest BCUT2D eigenvalue weighted by Crippen LogP contribution is 2.22. The molecule has 0 spiro atoms. The third-order valence-corrected chi connectivity index (χ3v) is 3.83. The molecule has 19 heavy (non-hydrogen) atoms. The van der Waals surface area contributed by atoms with Crippen molar-refractivity contribution in [3.63, 3.8) is 0 Å². The minimum Gasteiger partial charge on any atom is -0.480 e. The topological polar surface area (TPSA) is 106 Å². The first-order chi connectivity index (χ1) is 9.01. The summed E-state index contributed by atoms with van der Waals surface area (Å²) < 4.78 is 5.14. The molecule has 2 unspecified atom stereocenters. The van der Waals surface area contributed by atoms with Crippen molar-refractivity contribution in [2.24, 2.45) is 0 Å².